The third-order valence-corrected chi connectivity index (χ3v) is 9.29. The van der Waals surface area contributed by atoms with Gasteiger partial charge in [0.2, 0.25) is 0 Å². The topological polar surface area (TPSA) is 82.7 Å². The van der Waals surface area contributed by atoms with Gasteiger partial charge in [-0.3, -0.25) is 4.79 Å². The molecule has 3 aromatic heterocycles. The van der Waals surface area contributed by atoms with E-state index in [-0.39, 0.29) is 23.3 Å². The maximum absolute atomic E-state index is 13.9. The lowest BCUT2D eigenvalue weighted by Gasteiger charge is -2.33. The molecule has 0 unspecified atom stereocenters. The van der Waals surface area contributed by atoms with E-state index in [9.17, 15) is 23.2 Å². The van der Waals surface area contributed by atoms with Gasteiger partial charge >= 0.3 is 6.18 Å². The molecule has 5 rings (SSSR count). The SMILES string of the molecule is CC(C)(C)[C@@H]1CCc2c(sc(NC(=O)c3cc4n(n3)[C@@H](C(F)(F)F)C[C@@H](c3cccs3)N4)c2C#N)C1. The van der Waals surface area contributed by atoms with Crippen molar-refractivity contribution in [2.75, 3.05) is 10.6 Å². The number of rotatable bonds is 3. The van der Waals surface area contributed by atoms with Crippen LogP contribution in [0.2, 0.25) is 0 Å². The number of nitriles is 1. The summed E-state index contributed by atoms with van der Waals surface area (Å²) in [7, 11) is 0. The number of anilines is 2. The van der Waals surface area contributed by atoms with Crippen molar-refractivity contribution in [3.63, 3.8) is 0 Å². The molecule has 3 atom stereocenters. The number of fused-ring (bicyclic) bond motifs is 2. The predicted octanol–water partition coefficient (Wildman–Crippen LogP) is 6.94. The fourth-order valence-corrected chi connectivity index (χ4v) is 7.12. The molecule has 0 spiro atoms. The molecule has 0 aromatic carbocycles. The lowest BCUT2D eigenvalue weighted by Crippen LogP contribution is -2.35. The first-order chi connectivity index (χ1) is 17.0. The zero-order chi connectivity index (χ0) is 25.8. The molecule has 1 aliphatic carbocycles. The lowest BCUT2D eigenvalue weighted by molar-refractivity contribution is -0.173. The molecule has 11 heteroatoms. The molecular weight excluding hydrogens is 507 g/mol. The van der Waals surface area contributed by atoms with Gasteiger partial charge in [0, 0.05) is 22.2 Å². The molecule has 0 saturated heterocycles. The average Bonchev–Trinajstić information content (AvgIpc) is 3.54. The molecule has 0 saturated carbocycles. The van der Waals surface area contributed by atoms with E-state index < -0.39 is 24.2 Å². The van der Waals surface area contributed by atoms with Gasteiger partial charge in [-0.2, -0.15) is 23.5 Å². The second-order valence-corrected chi connectivity index (χ2v) is 12.5. The van der Waals surface area contributed by atoms with E-state index in [4.69, 9.17) is 0 Å². The molecular formula is C25H26F3N5OS2. The standard InChI is InChI=1S/C25H26F3N5OS2/c1-24(2,3)13-6-7-14-15(12-29)23(36-19(14)9-13)31-22(34)17-11-21-30-16(18-5-4-8-35-18)10-20(25(26,27)28)33(21)32-17/h4-5,8,11,13,16,20,30H,6-7,9-10H2,1-3H3,(H,31,34)/t13-,16+,20-/m1/s1. The summed E-state index contributed by atoms with van der Waals surface area (Å²) in [4.78, 5) is 15.0. The van der Waals surface area contributed by atoms with Crippen molar-refractivity contribution in [3.05, 3.63) is 50.2 Å². The maximum Gasteiger partial charge on any atom is 0.410 e. The van der Waals surface area contributed by atoms with Gasteiger partial charge in [-0.1, -0.05) is 26.8 Å². The van der Waals surface area contributed by atoms with Gasteiger partial charge in [0.05, 0.1) is 11.6 Å². The number of amides is 1. The van der Waals surface area contributed by atoms with Crippen LogP contribution in [0.15, 0.2) is 23.6 Å². The number of alkyl halides is 3. The Labute approximate surface area is 215 Å². The maximum atomic E-state index is 13.9. The third-order valence-electron chi connectivity index (χ3n) is 7.14. The number of hydrogen-bond acceptors (Lipinski definition) is 6. The van der Waals surface area contributed by atoms with Crippen LogP contribution in [-0.2, 0) is 12.8 Å². The van der Waals surface area contributed by atoms with Gasteiger partial charge in [-0.05, 0) is 47.6 Å². The highest BCUT2D eigenvalue weighted by molar-refractivity contribution is 7.16. The molecule has 4 heterocycles. The zero-order valence-electron chi connectivity index (χ0n) is 20.1. The molecule has 6 nitrogen and oxygen atoms in total. The molecule has 0 fully saturated rings. The molecule has 1 aliphatic heterocycles. The molecule has 0 radical (unpaired) electrons. The number of aromatic nitrogens is 2. The molecule has 190 valence electrons. The van der Waals surface area contributed by atoms with Crippen LogP contribution in [0.5, 0.6) is 0 Å². The van der Waals surface area contributed by atoms with Gasteiger partial charge < -0.3 is 10.6 Å². The Morgan fingerprint density at radius 3 is 2.75 bits per heavy atom. The van der Waals surface area contributed by atoms with Crippen LogP contribution in [0.25, 0.3) is 0 Å². The van der Waals surface area contributed by atoms with Crippen LogP contribution in [0.1, 0.15) is 77.1 Å². The van der Waals surface area contributed by atoms with E-state index in [2.05, 4.69) is 42.6 Å². The average molecular weight is 534 g/mol. The molecule has 3 aromatic rings. The minimum absolute atomic E-state index is 0.124. The summed E-state index contributed by atoms with van der Waals surface area (Å²) in [5, 5.41) is 22.0. The number of nitrogens with one attached hydrogen (secondary N) is 2. The highest BCUT2D eigenvalue weighted by atomic mass is 32.1. The first kappa shape index (κ1) is 24.8. The number of hydrogen-bond donors (Lipinski definition) is 2. The Balaban J connectivity index is 1.42. The van der Waals surface area contributed by atoms with Crippen molar-refractivity contribution in [2.45, 2.75) is 64.7 Å². The van der Waals surface area contributed by atoms with Gasteiger partial charge in [0.15, 0.2) is 11.7 Å². The van der Waals surface area contributed by atoms with Gasteiger partial charge in [-0.25, -0.2) is 4.68 Å². The lowest BCUT2D eigenvalue weighted by atomic mass is 9.72. The summed E-state index contributed by atoms with van der Waals surface area (Å²) in [6, 6.07) is 4.79. The Bertz CT molecular complexity index is 1330. The number of carbonyl (C=O) groups excluding carboxylic acids is 1. The van der Waals surface area contributed by atoms with Gasteiger partial charge in [-0.15, -0.1) is 22.7 Å². The van der Waals surface area contributed by atoms with Crippen molar-refractivity contribution in [1.82, 2.24) is 9.78 Å². The Morgan fingerprint density at radius 1 is 1.33 bits per heavy atom. The zero-order valence-corrected chi connectivity index (χ0v) is 21.7. The minimum Gasteiger partial charge on any atom is -0.363 e. The first-order valence-corrected chi connectivity index (χ1v) is 13.5. The first-order valence-electron chi connectivity index (χ1n) is 11.8. The molecule has 2 aliphatic rings. The van der Waals surface area contributed by atoms with E-state index >= 15 is 0 Å². The minimum atomic E-state index is -4.52. The van der Waals surface area contributed by atoms with Crippen molar-refractivity contribution in [3.8, 4) is 6.07 Å². The van der Waals surface area contributed by atoms with E-state index in [1.807, 2.05) is 5.38 Å². The van der Waals surface area contributed by atoms with Crippen LogP contribution in [-0.4, -0.2) is 21.9 Å². The molecule has 36 heavy (non-hydrogen) atoms. The normalized spacial score (nSPS) is 21.8. The van der Waals surface area contributed by atoms with Crippen LogP contribution in [0.3, 0.4) is 0 Å². The fraction of sp³-hybridized carbons (Fsp3) is 0.480. The summed E-state index contributed by atoms with van der Waals surface area (Å²) in [6.07, 6.45) is -2.15. The van der Waals surface area contributed by atoms with Crippen LogP contribution >= 0.6 is 22.7 Å². The smallest absolute Gasteiger partial charge is 0.363 e. The van der Waals surface area contributed by atoms with Crippen molar-refractivity contribution < 1.29 is 18.0 Å². The molecule has 1 amide bonds. The summed E-state index contributed by atoms with van der Waals surface area (Å²) in [5.41, 5.74) is 1.43. The summed E-state index contributed by atoms with van der Waals surface area (Å²) < 4.78 is 42.6. The summed E-state index contributed by atoms with van der Waals surface area (Å²) in [5.74, 6) is -0.0128. The van der Waals surface area contributed by atoms with Gasteiger partial charge in [0.25, 0.3) is 5.91 Å². The second kappa shape index (κ2) is 8.92. The largest absolute Gasteiger partial charge is 0.410 e. The fourth-order valence-electron chi connectivity index (χ4n) is 5.06. The van der Waals surface area contributed by atoms with E-state index in [1.54, 1.807) is 12.1 Å². The van der Waals surface area contributed by atoms with E-state index in [1.165, 1.54) is 28.7 Å². The second-order valence-electron chi connectivity index (χ2n) is 10.4. The van der Waals surface area contributed by atoms with Crippen LogP contribution in [0, 0.1) is 22.7 Å². The Hall–Kier alpha value is -2.84. The third kappa shape index (κ3) is 4.52. The highest BCUT2D eigenvalue weighted by Gasteiger charge is 2.47. The molecule has 2 N–H and O–H groups in total. The van der Waals surface area contributed by atoms with E-state index in [0.29, 0.717) is 16.5 Å². The number of nitrogens with zero attached hydrogens (tertiary/aromatic N) is 3. The highest BCUT2D eigenvalue weighted by Crippen LogP contribution is 2.46. The van der Waals surface area contributed by atoms with Gasteiger partial charge in [0.1, 0.15) is 16.9 Å². The summed E-state index contributed by atoms with van der Waals surface area (Å²) in [6.45, 7) is 6.61. The van der Waals surface area contributed by atoms with Crippen LogP contribution < -0.4 is 10.6 Å². The number of halogens is 3. The monoisotopic (exact) mass is 533 g/mol. The number of carbonyl (C=O) groups is 1. The quantitative estimate of drug-likeness (QED) is 0.382. The summed E-state index contributed by atoms with van der Waals surface area (Å²) >= 11 is 2.77. The van der Waals surface area contributed by atoms with E-state index in [0.717, 1.165) is 39.3 Å². The Kier molecular flexibility index (Phi) is 6.16. The van der Waals surface area contributed by atoms with Crippen LogP contribution in [0.4, 0.5) is 24.0 Å². The van der Waals surface area contributed by atoms with Crippen molar-refractivity contribution in [2.24, 2.45) is 11.3 Å². The predicted molar refractivity (Wildman–Crippen MR) is 135 cm³/mol. The molecule has 0 bridgehead atoms. The van der Waals surface area contributed by atoms with Crippen molar-refractivity contribution in [1.29, 1.82) is 5.26 Å². The van der Waals surface area contributed by atoms with Crippen molar-refractivity contribution >= 4 is 39.4 Å². The number of thiophene rings is 2. The Morgan fingerprint density at radius 2 is 2.11 bits per heavy atom.